The summed E-state index contributed by atoms with van der Waals surface area (Å²) < 4.78 is 31.6. The molecule has 1 unspecified atom stereocenters. The number of fused-ring (bicyclic) bond motifs is 1. The quantitative estimate of drug-likeness (QED) is 0.356. The second-order valence-corrected chi connectivity index (χ2v) is 8.77. The van der Waals surface area contributed by atoms with E-state index in [1.54, 1.807) is 0 Å². The largest absolute Gasteiger partial charge is 0.477 e. The van der Waals surface area contributed by atoms with E-state index < -0.39 is 22.0 Å². The van der Waals surface area contributed by atoms with E-state index in [0.29, 0.717) is 5.75 Å². The summed E-state index contributed by atoms with van der Waals surface area (Å²) in [5.74, 6) is -1.77. The zero-order chi connectivity index (χ0) is 17.5. The van der Waals surface area contributed by atoms with Gasteiger partial charge in [-0.25, -0.2) is 9.48 Å². The fourth-order valence-corrected chi connectivity index (χ4v) is 5.28. The van der Waals surface area contributed by atoms with Crippen LogP contribution in [0.25, 0.3) is 0 Å². The normalized spacial score (nSPS) is 23.5. The Balaban J connectivity index is 1.69. The fourth-order valence-electron chi connectivity index (χ4n) is 2.24. The van der Waals surface area contributed by atoms with Gasteiger partial charge in [-0.05, 0) is 16.5 Å². The first-order valence-electron chi connectivity index (χ1n) is 6.51. The van der Waals surface area contributed by atoms with Crippen LogP contribution < -0.4 is 0 Å². The Morgan fingerprint density at radius 3 is 2.88 bits per heavy atom. The molecule has 3 rings (SSSR count). The number of hydrogen-bond donors (Lipinski definition) is 2. The van der Waals surface area contributed by atoms with Gasteiger partial charge in [-0.1, -0.05) is 11.8 Å². The van der Waals surface area contributed by atoms with Gasteiger partial charge in [0.25, 0.3) is 10.1 Å². The maximum atomic E-state index is 11.5. The zero-order valence-electron chi connectivity index (χ0n) is 11.8. The van der Waals surface area contributed by atoms with Gasteiger partial charge in [0, 0.05) is 11.0 Å². The molecule has 2 aliphatic heterocycles. The Morgan fingerprint density at radius 1 is 1.50 bits per heavy atom. The number of aliphatic carboxylic acids is 1. The fraction of sp³-hybridized carbons (Fsp3) is 0.500. The van der Waals surface area contributed by atoms with E-state index in [4.69, 9.17) is 4.55 Å². The average Bonchev–Trinajstić information content (AvgIpc) is 2.88. The SMILES string of the molecule is O=C(O)C1=CC(CSc2nnnn2CS(=O)(=O)O)S[C@@H]2CC(=O)N12. The van der Waals surface area contributed by atoms with E-state index >= 15 is 0 Å². The predicted octanol–water partition coefficient (Wildman–Crippen LogP) is -0.747. The highest BCUT2D eigenvalue weighted by molar-refractivity contribution is 8.03. The highest BCUT2D eigenvalue weighted by atomic mass is 32.2. The van der Waals surface area contributed by atoms with E-state index in [0.717, 1.165) is 16.4 Å². The standard InChI is InChI=1S/C10H11N5O6S3/c16-7-2-8-15(7)6(9(17)18)1-5(23-8)3-22-10-11-12-13-14(10)4-24(19,20)21/h1,5,8H,2-4H2,(H,17,18)(H,19,20,21)/t5?,8-/m1/s1. The summed E-state index contributed by atoms with van der Waals surface area (Å²) in [7, 11) is -4.28. The minimum Gasteiger partial charge on any atom is -0.477 e. The number of β-lactam (4-membered cyclic amide) rings is 1. The molecule has 3 heterocycles. The monoisotopic (exact) mass is 393 g/mol. The summed E-state index contributed by atoms with van der Waals surface area (Å²) in [5, 5.41) is 19.5. The van der Waals surface area contributed by atoms with Crippen LogP contribution in [0.2, 0.25) is 0 Å². The van der Waals surface area contributed by atoms with Crippen molar-refractivity contribution in [3.05, 3.63) is 11.8 Å². The third-order valence-electron chi connectivity index (χ3n) is 3.22. The number of hydrogen-bond acceptors (Lipinski definition) is 9. The summed E-state index contributed by atoms with van der Waals surface area (Å²) in [5.41, 5.74) is -0.0434. The van der Waals surface area contributed by atoms with Crippen molar-refractivity contribution in [2.45, 2.75) is 28.1 Å². The van der Waals surface area contributed by atoms with Crippen molar-refractivity contribution in [1.82, 2.24) is 25.1 Å². The van der Waals surface area contributed by atoms with Crippen molar-refractivity contribution in [3.8, 4) is 0 Å². The summed E-state index contributed by atoms with van der Waals surface area (Å²) in [4.78, 5) is 24.0. The van der Waals surface area contributed by atoms with Crippen molar-refractivity contribution in [2.75, 3.05) is 5.75 Å². The first kappa shape index (κ1) is 17.2. The van der Waals surface area contributed by atoms with Crippen molar-refractivity contribution in [3.63, 3.8) is 0 Å². The molecule has 1 saturated heterocycles. The van der Waals surface area contributed by atoms with Crippen LogP contribution in [-0.4, -0.2) is 71.4 Å². The number of amides is 1. The Kier molecular flexibility index (Phi) is 4.54. The van der Waals surface area contributed by atoms with Crippen molar-refractivity contribution < 1.29 is 27.7 Å². The number of carboxylic acid groups (broad SMARTS) is 1. The van der Waals surface area contributed by atoms with Crippen LogP contribution in [0.5, 0.6) is 0 Å². The number of tetrazole rings is 1. The molecule has 11 nitrogen and oxygen atoms in total. The van der Waals surface area contributed by atoms with Gasteiger partial charge in [-0.3, -0.25) is 14.2 Å². The third kappa shape index (κ3) is 3.55. The maximum Gasteiger partial charge on any atom is 0.352 e. The van der Waals surface area contributed by atoms with Crippen molar-refractivity contribution in [2.24, 2.45) is 0 Å². The second kappa shape index (κ2) is 6.34. The molecule has 130 valence electrons. The molecule has 1 amide bonds. The lowest BCUT2D eigenvalue weighted by Crippen LogP contribution is -2.54. The Bertz CT molecular complexity index is 821. The Labute approximate surface area is 144 Å². The van der Waals surface area contributed by atoms with E-state index in [2.05, 4.69) is 15.5 Å². The molecule has 2 aliphatic rings. The number of nitrogens with zero attached hydrogens (tertiary/aromatic N) is 5. The number of thioether (sulfide) groups is 2. The molecule has 1 fully saturated rings. The van der Waals surface area contributed by atoms with Crippen LogP contribution in [-0.2, 0) is 25.6 Å². The lowest BCUT2D eigenvalue weighted by Gasteiger charge is -2.44. The van der Waals surface area contributed by atoms with Gasteiger partial charge >= 0.3 is 5.97 Å². The number of carbonyl (C=O) groups excluding carboxylic acids is 1. The number of carbonyl (C=O) groups is 2. The summed E-state index contributed by atoms with van der Waals surface area (Å²) >= 11 is 2.58. The molecule has 0 radical (unpaired) electrons. The third-order valence-corrected chi connectivity index (χ3v) is 6.42. The van der Waals surface area contributed by atoms with E-state index in [1.807, 2.05) is 0 Å². The molecule has 0 aromatic carbocycles. The minimum absolute atomic E-state index is 0.0434. The number of rotatable bonds is 6. The molecule has 1 aromatic rings. The molecule has 14 heteroatoms. The molecule has 2 atom stereocenters. The molecule has 0 bridgehead atoms. The van der Waals surface area contributed by atoms with Crippen LogP contribution in [0.4, 0.5) is 0 Å². The minimum atomic E-state index is -4.28. The maximum absolute atomic E-state index is 11.5. The molecule has 2 N–H and O–H groups in total. The first-order chi connectivity index (χ1) is 11.2. The molecular formula is C10H11N5O6S3. The zero-order valence-corrected chi connectivity index (χ0v) is 14.3. The second-order valence-electron chi connectivity index (χ2n) is 4.94. The Hall–Kier alpha value is -1.64. The van der Waals surface area contributed by atoms with Crippen LogP contribution in [0.15, 0.2) is 16.9 Å². The van der Waals surface area contributed by atoms with Gasteiger partial charge in [0.1, 0.15) is 5.70 Å². The van der Waals surface area contributed by atoms with Gasteiger partial charge in [0.15, 0.2) is 5.88 Å². The van der Waals surface area contributed by atoms with Crippen molar-refractivity contribution in [1.29, 1.82) is 0 Å². The molecule has 0 spiro atoms. The van der Waals surface area contributed by atoms with Gasteiger partial charge in [0.2, 0.25) is 11.1 Å². The summed E-state index contributed by atoms with van der Waals surface area (Å²) in [6.07, 6.45) is 1.78. The van der Waals surface area contributed by atoms with Gasteiger partial charge in [-0.15, -0.1) is 16.9 Å². The number of aromatic nitrogens is 4. The summed E-state index contributed by atoms with van der Waals surface area (Å²) in [6, 6.07) is 0. The molecule has 0 aliphatic carbocycles. The lowest BCUT2D eigenvalue weighted by atomic mass is 10.1. The highest BCUT2D eigenvalue weighted by Crippen LogP contribution is 2.41. The van der Waals surface area contributed by atoms with Crippen LogP contribution >= 0.6 is 23.5 Å². The average molecular weight is 393 g/mol. The lowest BCUT2D eigenvalue weighted by molar-refractivity contribution is -0.146. The molecule has 1 aromatic heterocycles. The molecule has 24 heavy (non-hydrogen) atoms. The van der Waals surface area contributed by atoms with Crippen LogP contribution in [0, 0.1) is 0 Å². The van der Waals surface area contributed by atoms with Gasteiger partial charge in [-0.2, -0.15) is 8.42 Å². The van der Waals surface area contributed by atoms with Gasteiger partial charge < -0.3 is 5.11 Å². The van der Waals surface area contributed by atoms with Gasteiger partial charge in [0.05, 0.1) is 11.8 Å². The van der Waals surface area contributed by atoms with Crippen LogP contribution in [0.3, 0.4) is 0 Å². The van der Waals surface area contributed by atoms with Crippen LogP contribution in [0.1, 0.15) is 6.42 Å². The molecular weight excluding hydrogens is 382 g/mol. The first-order valence-corrected chi connectivity index (χ1v) is 10.0. The summed E-state index contributed by atoms with van der Waals surface area (Å²) in [6.45, 7) is 0. The number of carboxylic acids is 1. The highest BCUT2D eigenvalue weighted by Gasteiger charge is 2.45. The van der Waals surface area contributed by atoms with E-state index in [9.17, 15) is 23.1 Å². The van der Waals surface area contributed by atoms with E-state index in [-0.39, 0.29) is 33.8 Å². The van der Waals surface area contributed by atoms with E-state index in [1.165, 1.54) is 22.7 Å². The predicted molar refractivity (Wildman–Crippen MR) is 82.4 cm³/mol. The Morgan fingerprint density at radius 2 is 2.25 bits per heavy atom. The van der Waals surface area contributed by atoms with Crippen molar-refractivity contribution >= 4 is 45.5 Å². The topological polar surface area (TPSA) is 156 Å². The smallest absolute Gasteiger partial charge is 0.352 e. The molecule has 0 saturated carbocycles.